The smallest absolute Gasteiger partial charge is 0.248 e. The van der Waals surface area contributed by atoms with Crippen molar-refractivity contribution in [3.05, 3.63) is 69.7 Å². The molecule has 0 saturated carbocycles. The van der Waals surface area contributed by atoms with Crippen LogP contribution in [0.1, 0.15) is 24.6 Å². The van der Waals surface area contributed by atoms with Crippen molar-refractivity contribution in [2.45, 2.75) is 18.9 Å². The van der Waals surface area contributed by atoms with Crippen LogP contribution < -0.4 is 10.5 Å². The molecule has 5 rings (SSSR count). The van der Waals surface area contributed by atoms with E-state index >= 15 is 0 Å². The Morgan fingerprint density at radius 3 is 2.90 bits per heavy atom. The molecule has 3 aromatic heterocycles. The lowest BCUT2D eigenvalue weighted by molar-refractivity contribution is 0.416. The van der Waals surface area contributed by atoms with Crippen LogP contribution >= 0.6 is 11.6 Å². The van der Waals surface area contributed by atoms with Crippen molar-refractivity contribution in [3.63, 3.8) is 0 Å². The molecule has 0 spiro atoms. The number of hydrogen-bond acceptors (Lipinski definition) is 6. The Morgan fingerprint density at radius 2 is 2.07 bits per heavy atom. The summed E-state index contributed by atoms with van der Waals surface area (Å²) in [6.07, 6.45) is 3.56. The van der Waals surface area contributed by atoms with Crippen LogP contribution in [0.15, 0.2) is 58.0 Å². The Hall–Kier alpha value is -3.39. The van der Waals surface area contributed by atoms with Crippen molar-refractivity contribution >= 4 is 17.5 Å². The lowest BCUT2D eigenvalue weighted by Crippen LogP contribution is -2.25. The largest absolute Gasteiger partial charge is 0.356 e. The molecule has 30 heavy (non-hydrogen) atoms. The molecule has 0 radical (unpaired) electrons. The van der Waals surface area contributed by atoms with Gasteiger partial charge in [-0.25, -0.2) is 0 Å². The number of nitrogens with zero attached hydrogens (tertiary/aromatic N) is 5. The van der Waals surface area contributed by atoms with E-state index in [1.807, 2.05) is 48.0 Å². The number of aromatic amines is 1. The minimum Gasteiger partial charge on any atom is -0.356 e. The standard InChI is InChI=1S/C21H19ClN6O2/c1-27-20(14-7-8-23-19(29)11-14)24-25-21(27)28-9-3-6-17(28)16-12-18(30-26-16)13-4-2-5-15(22)10-13/h2,4-5,7-8,10-12,17H,3,6,9H2,1H3,(H,23,29). The monoisotopic (exact) mass is 422 g/mol. The number of halogens is 1. The molecule has 0 amide bonds. The van der Waals surface area contributed by atoms with Crippen molar-refractivity contribution in [3.8, 4) is 22.7 Å². The van der Waals surface area contributed by atoms with Gasteiger partial charge in [0, 0.05) is 48.1 Å². The van der Waals surface area contributed by atoms with Crippen LogP contribution in [0.2, 0.25) is 5.02 Å². The number of aromatic nitrogens is 5. The maximum atomic E-state index is 11.7. The third-order valence-electron chi connectivity index (χ3n) is 5.37. The van der Waals surface area contributed by atoms with Gasteiger partial charge in [-0.05, 0) is 31.0 Å². The molecule has 1 aliphatic rings. The lowest BCUT2D eigenvalue weighted by atomic mass is 10.1. The normalized spacial score (nSPS) is 16.3. The third kappa shape index (κ3) is 3.29. The Kier molecular flexibility index (Phi) is 4.63. The number of hydrogen-bond donors (Lipinski definition) is 1. The van der Waals surface area contributed by atoms with Crippen molar-refractivity contribution in [1.82, 2.24) is 24.9 Å². The average Bonchev–Trinajstić information content (AvgIpc) is 3.47. The number of benzene rings is 1. The molecule has 8 nitrogen and oxygen atoms in total. The summed E-state index contributed by atoms with van der Waals surface area (Å²) in [7, 11) is 1.90. The first-order valence-electron chi connectivity index (χ1n) is 9.68. The van der Waals surface area contributed by atoms with E-state index in [-0.39, 0.29) is 11.6 Å². The molecule has 1 N–H and O–H groups in total. The highest BCUT2D eigenvalue weighted by Crippen LogP contribution is 2.37. The summed E-state index contributed by atoms with van der Waals surface area (Å²) in [6, 6.07) is 12.8. The maximum Gasteiger partial charge on any atom is 0.248 e. The summed E-state index contributed by atoms with van der Waals surface area (Å²) >= 11 is 6.10. The molecule has 9 heteroatoms. The zero-order chi connectivity index (χ0) is 20.7. The molecule has 1 atom stereocenters. The minimum absolute atomic E-state index is 0.0385. The van der Waals surface area contributed by atoms with Gasteiger partial charge in [0.05, 0.1) is 6.04 Å². The zero-order valence-corrected chi connectivity index (χ0v) is 17.0. The van der Waals surface area contributed by atoms with Crippen LogP contribution in [-0.2, 0) is 7.05 Å². The van der Waals surface area contributed by atoms with Gasteiger partial charge < -0.3 is 14.4 Å². The van der Waals surface area contributed by atoms with E-state index < -0.39 is 0 Å². The Labute approximate surface area is 177 Å². The first kappa shape index (κ1) is 18.6. The van der Waals surface area contributed by atoms with E-state index in [0.29, 0.717) is 16.6 Å². The summed E-state index contributed by atoms with van der Waals surface area (Å²) < 4.78 is 7.51. The molecule has 0 aliphatic carbocycles. The second-order valence-corrected chi connectivity index (χ2v) is 7.74. The van der Waals surface area contributed by atoms with Gasteiger partial charge in [-0.2, -0.15) is 0 Å². The molecule has 1 aromatic carbocycles. The van der Waals surface area contributed by atoms with E-state index in [0.717, 1.165) is 42.2 Å². The summed E-state index contributed by atoms with van der Waals surface area (Å²) in [4.78, 5) is 16.5. The molecule has 152 valence electrons. The average molecular weight is 423 g/mol. The van der Waals surface area contributed by atoms with Crippen molar-refractivity contribution < 1.29 is 4.52 Å². The van der Waals surface area contributed by atoms with Crippen LogP contribution in [-0.4, -0.2) is 31.4 Å². The van der Waals surface area contributed by atoms with Crippen LogP contribution in [0.3, 0.4) is 0 Å². The topological polar surface area (TPSA) is 92.8 Å². The van der Waals surface area contributed by atoms with E-state index in [1.54, 1.807) is 6.20 Å². The third-order valence-corrected chi connectivity index (χ3v) is 5.61. The van der Waals surface area contributed by atoms with Gasteiger partial charge in [0.15, 0.2) is 11.6 Å². The van der Waals surface area contributed by atoms with Gasteiger partial charge in [0.25, 0.3) is 0 Å². The first-order valence-corrected chi connectivity index (χ1v) is 10.1. The summed E-state index contributed by atoms with van der Waals surface area (Å²) in [5.41, 5.74) is 2.29. The number of nitrogens with one attached hydrogen (secondary N) is 1. The van der Waals surface area contributed by atoms with Gasteiger partial charge in [-0.15, -0.1) is 10.2 Å². The maximum absolute atomic E-state index is 11.7. The van der Waals surface area contributed by atoms with Crippen LogP contribution in [0.4, 0.5) is 5.95 Å². The number of rotatable bonds is 4. The predicted molar refractivity (Wildman–Crippen MR) is 113 cm³/mol. The van der Waals surface area contributed by atoms with Gasteiger partial charge in [0.1, 0.15) is 5.69 Å². The highest BCUT2D eigenvalue weighted by Gasteiger charge is 2.32. The fourth-order valence-corrected chi connectivity index (χ4v) is 4.13. The molecule has 1 aliphatic heterocycles. The van der Waals surface area contributed by atoms with Gasteiger partial charge >= 0.3 is 0 Å². The van der Waals surface area contributed by atoms with E-state index in [1.165, 1.54) is 6.07 Å². The summed E-state index contributed by atoms with van der Waals surface area (Å²) in [6.45, 7) is 0.839. The highest BCUT2D eigenvalue weighted by atomic mass is 35.5. The van der Waals surface area contributed by atoms with Gasteiger partial charge in [0.2, 0.25) is 11.5 Å². The van der Waals surface area contributed by atoms with Crippen LogP contribution in [0.25, 0.3) is 22.7 Å². The highest BCUT2D eigenvalue weighted by molar-refractivity contribution is 6.30. The first-order chi connectivity index (χ1) is 14.6. The second-order valence-electron chi connectivity index (χ2n) is 7.30. The Bertz CT molecular complexity index is 1260. The quantitative estimate of drug-likeness (QED) is 0.537. The predicted octanol–water partition coefficient (Wildman–Crippen LogP) is 3.82. The second kappa shape index (κ2) is 7.46. The number of anilines is 1. The summed E-state index contributed by atoms with van der Waals surface area (Å²) in [5, 5.41) is 13.7. The van der Waals surface area contributed by atoms with Crippen molar-refractivity contribution in [2.24, 2.45) is 7.05 Å². The molecular formula is C21H19ClN6O2. The van der Waals surface area contributed by atoms with E-state index in [9.17, 15) is 4.79 Å². The molecule has 4 aromatic rings. The fraction of sp³-hybridized carbons (Fsp3) is 0.238. The molecule has 0 bridgehead atoms. The van der Waals surface area contributed by atoms with Crippen molar-refractivity contribution in [2.75, 3.05) is 11.4 Å². The van der Waals surface area contributed by atoms with E-state index in [4.69, 9.17) is 16.1 Å². The Balaban J connectivity index is 1.46. The summed E-state index contributed by atoms with van der Waals surface area (Å²) in [5.74, 6) is 2.06. The molecule has 1 fully saturated rings. The zero-order valence-electron chi connectivity index (χ0n) is 16.2. The van der Waals surface area contributed by atoms with Gasteiger partial charge in [-0.1, -0.05) is 28.9 Å². The van der Waals surface area contributed by atoms with Crippen molar-refractivity contribution in [1.29, 1.82) is 0 Å². The van der Waals surface area contributed by atoms with Crippen LogP contribution in [0.5, 0.6) is 0 Å². The minimum atomic E-state index is -0.174. The fourth-order valence-electron chi connectivity index (χ4n) is 3.94. The SMILES string of the molecule is Cn1c(-c2cc[nH]c(=O)c2)nnc1N1CCCC1c1cc(-c2cccc(Cl)c2)on1. The molecule has 1 saturated heterocycles. The van der Waals surface area contributed by atoms with E-state index in [2.05, 4.69) is 25.2 Å². The van der Waals surface area contributed by atoms with Crippen LogP contribution in [0, 0.1) is 0 Å². The lowest BCUT2D eigenvalue weighted by Gasteiger charge is -2.23. The Morgan fingerprint density at radius 1 is 1.17 bits per heavy atom. The number of pyridine rings is 1. The molecular weight excluding hydrogens is 404 g/mol. The molecule has 4 heterocycles. The van der Waals surface area contributed by atoms with Gasteiger partial charge in [-0.3, -0.25) is 9.36 Å². The molecule has 1 unspecified atom stereocenters. The number of H-pyrrole nitrogens is 1.